The molecule has 0 aliphatic rings. The maximum atomic E-state index is 12.0. The van der Waals surface area contributed by atoms with E-state index < -0.39 is 15.6 Å². The number of hydrogen-bond donors (Lipinski definition) is 2. The van der Waals surface area contributed by atoms with Gasteiger partial charge < -0.3 is 5.11 Å². The van der Waals surface area contributed by atoms with Crippen LogP contribution in [0.25, 0.3) is 0 Å². The number of hydrogen-bond acceptors (Lipinski definition) is 5. The number of nitriles is 1. The summed E-state index contributed by atoms with van der Waals surface area (Å²) in [4.78, 5) is 3.67. The molecule has 0 aliphatic heterocycles. The minimum Gasteiger partial charge on any atom is -0.394 e. The van der Waals surface area contributed by atoms with Crippen LogP contribution in [-0.4, -0.2) is 30.7 Å². The molecule has 0 radical (unpaired) electrons. The Labute approximate surface area is 106 Å². The summed E-state index contributed by atoms with van der Waals surface area (Å²) in [6.07, 6.45) is 1.57. The number of pyridine rings is 1. The summed E-state index contributed by atoms with van der Waals surface area (Å²) in [5.74, 6) is 0. The zero-order valence-electron chi connectivity index (χ0n) is 10.2. The Bertz CT molecular complexity index is 542. The molecule has 1 aromatic heterocycles. The van der Waals surface area contributed by atoms with Crippen molar-refractivity contribution < 1.29 is 13.5 Å². The average molecular weight is 269 g/mol. The molecule has 0 aromatic carbocycles. The fraction of sp³-hybridized carbons (Fsp3) is 0.455. The number of aliphatic hydroxyl groups excluding tert-OH is 1. The van der Waals surface area contributed by atoms with Gasteiger partial charge in [-0.25, -0.2) is 18.1 Å². The summed E-state index contributed by atoms with van der Waals surface area (Å²) in [5.41, 5.74) is -0.762. The van der Waals surface area contributed by atoms with Crippen molar-refractivity contribution in [1.29, 1.82) is 5.26 Å². The lowest BCUT2D eigenvalue weighted by Gasteiger charge is -2.26. The van der Waals surface area contributed by atoms with Gasteiger partial charge in [0.25, 0.3) is 0 Å². The summed E-state index contributed by atoms with van der Waals surface area (Å²) in [5, 5.41) is 17.8. The first-order chi connectivity index (χ1) is 8.37. The van der Waals surface area contributed by atoms with Gasteiger partial charge in [-0.3, -0.25) is 0 Å². The van der Waals surface area contributed by atoms with E-state index >= 15 is 0 Å². The van der Waals surface area contributed by atoms with Crippen LogP contribution >= 0.6 is 0 Å². The topological polar surface area (TPSA) is 103 Å². The van der Waals surface area contributed by atoms with E-state index in [1.54, 1.807) is 13.8 Å². The quantitative estimate of drug-likeness (QED) is 0.805. The van der Waals surface area contributed by atoms with Gasteiger partial charge in [-0.2, -0.15) is 5.26 Å². The third-order valence-electron chi connectivity index (χ3n) is 2.67. The molecular weight excluding hydrogens is 254 g/mol. The lowest BCUT2D eigenvalue weighted by Crippen LogP contribution is -2.48. The Kier molecular flexibility index (Phi) is 4.40. The van der Waals surface area contributed by atoms with E-state index in [-0.39, 0.29) is 17.2 Å². The molecule has 1 heterocycles. The SMILES string of the molecule is CCC(C)(CO)NS(=O)(=O)c1ccc(C#N)nc1. The molecule has 1 rings (SSSR count). The van der Waals surface area contributed by atoms with Crippen molar-refractivity contribution in [1.82, 2.24) is 9.71 Å². The molecule has 7 heteroatoms. The molecule has 18 heavy (non-hydrogen) atoms. The molecule has 1 aromatic rings. The van der Waals surface area contributed by atoms with Crippen molar-refractivity contribution in [3.63, 3.8) is 0 Å². The summed E-state index contributed by atoms with van der Waals surface area (Å²) >= 11 is 0. The zero-order valence-corrected chi connectivity index (χ0v) is 11.0. The largest absolute Gasteiger partial charge is 0.394 e. The van der Waals surface area contributed by atoms with Crippen LogP contribution in [0.4, 0.5) is 0 Å². The number of aliphatic hydroxyl groups is 1. The third kappa shape index (κ3) is 3.26. The van der Waals surface area contributed by atoms with Gasteiger partial charge in [-0.05, 0) is 25.5 Å². The molecule has 1 atom stereocenters. The van der Waals surface area contributed by atoms with Gasteiger partial charge in [-0.15, -0.1) is 0 Å². The monoisotopic (exact) mass is 269 g/mol. The van der Waals surface area contributed by atoms with Gasteiger partial charge in [0.2, 0.25) is 10.0 Å². The van der Waals surface area contributed by atoms with E-state index in [0.717, 1.165) is 6.20 Å². The number of nitrogens with zero attached hydrogens (tertiary/aromatic N) is 2. The first kappa shape index (κ1) is 14.6. The van der Waals surface area contributed by atoms with Gasteiger partial charge in [0.15, 0.2) is 0 Å². The predicted octanol–water partition coefficient (Wildman–Crippen LogP) is 0.393. The molecule has 0 spiro atoms. The summed E-state index contributed by atoms with van der Waals surface area (Å²) in [6.45, 7) is 3.09. The second-order valence-electron chi connectivity index (χ2n) is 4.17. The van der Waals surface area contributed by atoms with Crippen LogP contribution in [0, 0.1) is 11.3 Å². The number of aromatic nitrogens is 1. The number of sulfonamides is 1. The van der Waals surface area contributed by atoms with Gasteiger partial charge in [0.1, 0.15) is 16.7 Å². The smallest absolute Gasteiger partial charge is 0.242 e. The molecule has 0 bridgehead atoms. The fourth-order valence-corrected chi connectivity index (χ4v) is 2.62. The number of rotatable bonds is 5. The van der Waals surface area contributed by atoms with Gasteiger partial charge in [0.05, 0.1) is 12.1 Å². The van der Waals surface area contributed by atoms with Crippen molar-refractivity contribution in [2.45, 2.75) is 30.7 Å². The molecule has 0 aliphatic carbocycles. The molecule has 98 valence electrons. The Balaban J connectivity index is 3.03. The maximum absolute atomic E-state index is 12.0. The Morgan fingerprint density at radius 2 is 2.22 bits per heavy atom. The standard InChI is InChI=1S/C11H15N3O3S/c1-3-11(2,8-15)14-18(16,17)10-5-4-9(6-12)13-7-10/h4-5,7,14-15H,3,8H2,1-2H3. The molecule has 0 amide bonds. The maximum Gasteiger partial charge on any atom is 0.242 e. The molecule has 2 N–H and O–H groups in total. The predicted molar refractivity (Wildman–Crippen MR) is 65.1 cm³/mol. The van der Waals surface area contributed by atoms with Crippen LogP contribution < -0.4 is 4.72 Å². The van der Waals surface area contributed by atoms with Gasteiger partial charge >= 0.3 is 0 Å². The van der Waals surface area contributed by atoms with E-state index in [0.29, 0.717) is 6.42 Å². The van der Waals surface area contributed by atoms with E-state index in [1.807, 2.05) is 6.07 Å². The first-order valence-electron chi connectivity index (χ1n) is 5.38. The second kappa shape index (κ2) is 5.44. The average Bonchev–Trinajstić information content (AvgIpc) is 2.38. The van der Waals surface area contributed by atoms with Crippen molar-refractivity contribution >= 4 is 10.0 Å². The molecule has 1 unspecified atom stereocenters. The van der Waals surface area contributed by atoms with Crippen molar-refractivity contribution in [2.75, 3.05) is 6.61 Å². The Morgan fingerprint density at radius 3 is 2.61 bits per heavy atom. The second-order valence-corrected chi connectivity index (χ2v) is 5.85. The van der Waals surface area contributed by atoms with Crippen molar-refractivity contribution in [2.24, 2.45) is 0 Å². The lowest BCUT2D eigenvalue weighted by atomic mass is 10.0. The van der Waals surface area contributed by atoms with Crippen LogP contribution in [0.1, 0.15) is 26.0 Å². The summed E-state index contributed by atoms with van der Waals surface area (Å²) in [6, 6.07) is 4.45. The minimum atomic E-state index is -3.75. The van der Waals surface area contributed by atoms with Crippen LogP contribution in [0.5, 0.6) is 0 Å². The van der Waals surface area contributed by atoms with E-state index in [1.165, 1.54) is 12.1 Å². The first-order valence-corrected chi connectivity index (χ1v) is 6.86. The highest BCUT2D eigenvalue weighted by atomic mass is 32.2. The summed E-state index contributed by atoms with van der Waals surface area (Å²) in [7, 11) is -3.75. The van der Waals surface area contributed by atoms with Crippen LogP contribution in [0.15, 0.2) is 23.2 Å². The Morgan fingerprint density at radius 1 is 1.56 bits per heavy atom. The Hall–Kier alpha value is -1.49. The highest BCUT2D eigenvalue weighted by Gasteiger charge is 2.28. The minimum absolute atomic E-state index is 0.0328. The molecule has 0 fully saturated rings. The number of nitrogens with one attached hydrogen (secondary N) is 1. The van der Waals surface area contributed by atoms with Gasteiger partial charge in [-0.1, -0.05) is 6.92 Å². The third-order valence-corrected chi connectivity index (χ3v) is 4.29. The van der Waals surface area contributed by atoms with Crippen molar-refractivity contribution in [3.05, 3.63) is 24.0 Å². The van der Waals surface area contributed by atoms with E-state index in [9.17, 15) is 13.5 Å². The molecule has 6 nitrogen and oxygen atoms in total. The fourth-order valence-electron chi connectivity index (χ4n) is 1.20. The lowest BCUT2D eigenvalue weighted by molar-refractivity contribution is 0.191. The van der Waals surface area contributed by atoms with Crippen molar-refractivity contribution in [3.8, 4) is 6.07 Å². The zero-order chi connectivity index (χ0) is 13.8. The van der Waals surface area contributed by atoms with Crippen LogP contribution in [0.2, 0.25) is 0 Å². The van der Waals surface area contributed by atoms with Crippen LogP contribution in [-0.2, 0) is 10.0 Å². The van der Waals surface area contributed by atoms with E-state index in [2.05, 4.69) is 9.71 Å². The normalized spacial score (nSPS) is 14.8. The van der Waals surface area contributed by atoms with E-state index in [4.69, 9.17) is 5.26 Å². The highest BCUT2D eigenvalue weighted by molar-refractivity contribution is 7.89. The molecule has 0 saturated heterocycles. The molecule has 0 saturated carbocycles. The van der Waals surface area contributed by atoms with Gasteiger partial charge in [0, 0.05) is 6.20 Å². The summed E-state index contributed by atoms with van der Waals surface area (Å²) < 4.78 is 26.5. The molecular formula is C11H15N3O3S. The highest BCUT2D eigenvalue weighted by Crippen LogP contribution is 2.15. The van der Waals surface area contributed by atoms with Crippen LogP contribution in [0.3, 0.4) is 0 Å².